The molecule has 30 nitrogen and oxygen atoms in total. The summed E-state index contributed by atoms with van der Waals surface area (Å²) in [5.74, 6) is 2.02. The number of nitrogens with zero attached hydrogens (tertiary/aromatic N) is 18. The number of aliphatic hydroxyl groups is 1. The zero-order valence-corrected chi connectivity index (χ0v) is 68.9. The molecule has 4 aliphatic carbocycles. The van der Waals surface area contributed by atoms with E-state index in [2.05, 4.69) is 82.4 Å². The molecule has 11 N–H and O–H groups in total. The number of hydrogen-bond donors (Lipinski definition) is 8. The maximum atomic E-state index is 12.0. The van der Waals surface area contributed by atoms with Crippen molar-refractivity contribution in [3.05, 3.63) is 228 Å². The summed E-state index contributed by atoms with van der Waals surface area (Å²) in [5.41, 5.74) is 28.7. The summed E-state index contributed by atoms with van der Waals surface area (Å²) in [6.07, 6.45) is 44.1. The number of quaternary nitrogens is 2. The first-order valence-electron chi connectivity index (χ1n) is 40.3. The molecule has 122 heavy (non-hydrogen) atoms. The van der Waals surface area contributed by atoms with E-state index in [9.17, 15) is 24.3 Å². The van der Waals surface area contributed by atoms with Gasteiger partial charge in [0.05, 0.1) is 137 Å². The molecular weight excluding hydrogens is 1560 g/mol. The molecule has 0 aromatic carbocycles. The summed E-state index contributed by atoms with van der Waals surface area (Å²) in [4.78, 5) is 66.0. The Hall–Kier alpha value is -12.9. The second kappa shape index (κ2) is 42.3. The molecule has 644 valence electrons. The predicted molar refractivity (Wildman–Crippen MR) is 492 cm³/mol. The number of allylic oxidation sites excluding steroid dienone is 12. The Morgan fingerprint density at radius 2 is 0.836 bits per heavy atom. The van der Waals surface area contributed by atoms with E-state index in [4.69, 9.17) is 43.8 Å². The lowest BCUT2D eigenvalue weighted by atomic mass is 10.0. The monoisotopic (exact) mass is 1680 g/mol. The predicted octanol–water partition coefficient (Wildman–Crippen LogP) is 13.6. The van der Waals surface area contributed by atoms with Crippen LogP contribution in [0.3, 0.4) is 0 Å². The Morgan fingerprint density at radius 3 is 1.25 bits per heavy atom. The molecule has 2 saturated heterocycles. The van der Waals surface area contributed by atoms with Gasteiger partial charge in [0.1, 0.15) is 64.0 Å². The third-order valence-corrected chi connectivity index (χ3v) is 22.0. The molecule has 0 radical (unpaired) electrons. The number of fused-ring (bicyclic) bond motifs is 4. The van der Waals surface area contributed by atoms with E-state index in [0.717, 1.165) is 110 Å². The molecule has 2 fully saturated rings. The second-order valence-electron chi connectivity index (χ2n) is 31.0. The minimum atomic E-state index is -0.273. The number of piperidine rings is 2. The van der Waals surface area contributed by atoms with Crippen LogP contribution in [0.4, 0.5) is 46.0 Å². The van der Waals surface area contributed by atoms with E-state index >= 15 is 0 Å². The lowest BCUT2D eigenvalue weighted by Gasteiger charge is -2.37. The zero-order valence-electron chi connectivity index (χ0n) is 68.1. The van der Waals surface area contributed by atoms with Crippen molar-refractivity contribution >= 4 is 126 Å². The van der Waals surface area contributed by atoms with E-state index in [1.807, 2.05) is 150 Å². The van der Waals surface area contributed by atoms with Gasteiger partial charge in [-0.05, 0) is 150 Å². The molecule has 31 heteroatoms. The normalized spacial score (nSPS) is 17.4. The van der Waals surface area contributed by atoms with Gasteiger partial charge in [0.15, 0.2) is 40.6 Å². The highest BCUT2D eigenvalue weighted by Crippen LogP contribution is 2.36. The molecule has 0 bridgehead atoms. The SMILES string of the molecule is C.C.C.C.CC1=C(O)C(=Nc2c(NCCC[N+]3(C)CCCCC3)nn3ccccc23)C=CC1=O.CC1=CC(=Nc2c(NCCCn3cc[n+](C)c3)nn3ccccc23)C(N)=C(Cl)C1=O.CC1=CC(=Nc2c(NCCCn3cc[n+](C)c3)nn3ccccc23)C(N)=CC1=O.C[N+]1(CCCNc2nn3ccccc3c2N=C2C=CC(=O)C=C2N)CCCCC1. The van der Waals surface area contributed by atoms with Gasteiger partial charge in [-0.15, -0.1) is 20.4 Å². The number of nitrogens with one attached hydrogen (secondary N) is 4. The molecule has 0 amide bonds. The van der Waals surface area contributed by atoms with Crippen molar-refractivity contribution in [3.8, 4) is 0 Å². The largest absolute Gasteiger partial charge is 0.505 e. The van der Waals surface area contributed by atoms with Crippen molar-refractivity contribution < 1.29 is 42.4 Å². The van der Waals surface area contributed by atoms with Crippen molar-refractivity contribution in [1.82, 2.24) is 47.6 Å². The smallest absolute Gasteiger partial charge is 0.243 e. The van der Waals surface area contributed by atoms with E-state index in [1.165, 1.54) is 100 Å². The molecule has 0 saturated carbocycles. The number of carbonyl (C=O) groups excluding carboxylic acids is 4. The number of aromatic nitrogens is 12. The molecule has 0 spiro atoms. The summed E-state index contributed by atoms with van der Waals surface area (Å²) in [7, 11) is 8.73. The third kappa shape index (κ3) is 23.0. The quantitative estimate of drug-likeness (QED) is 0.0121. The van der Waals surface area contributed by atoms with Crippen LogP contribution in [0, 0.1) is 0 Å². The number of aliphatic hydroxyl groups excluding tert-OH is 1. The summed E-state index contributed by atoms with van der Waals surface area (Å²) in [6.45, 7) is 17.4. The van der Waals surface area contributed by atoms with Crippen LogP contribution in [0.2, 0.25) is 0 Å². The molecule has 12 heterocycles. The van der Waals surface area contributed by atoms with Crippen LogP contribution in [0.1, 0.15) is 115 Å². The van der Waals surface area contributed by atoms with E-state index < -0.39 is 0 Å². The minimum absolute atomic E-state index is 0. The summed E-state index contributed by atoms with van der Waals surface area (Å²) in [5, 5.41) is 42.6. The van der Waals surface area contributed by atoms with Crippen molar-refractivity contribution in [1.29, 1.82) is 0 Å². The Balaban J connectivity index is 0.000000183. The van der Waals surface area contributed by atoms with Crippen LogP contribution < -0.4 is 47.6 Å². The van der Waals surface area contributed by atoms with Crippen LogP contribution >= 0.6 is 11.6 Å². The number of nitrogens with two attached hydrogens (primary N) is 3. The van der Waals surface area contributed by atoms with Crippen LogP contribution in [0.15, 0.2) is 248 Å². The summed E-state index contributed by atoms with van der Waals surface area (Å²) >= 11 is 6.11. The number of hydrogen-bond acceptors (Lipinski definition) is 20. The highest BCUT2D eigenvalue weighted by atomic mass is 35.5. The third-order valence-electron chi connectivity index (χ3n) is 21.6. The number of rotatable bonds is 24. The van der Waals surface area contributed by atoms with Crippen LogP contribution in [-0.2, 0) is 46.4 Å². The average molecular weight is 1680 g/mol. The number of anilines is 4. The van der Waals surface area contributed by atoms with Crippen molar-refractivity contribution in [2.24, 2.45) is 51.3 Å². The number of imidazole rings is 2. The maximum absolute atomic E-state index is 12.0. The molecule has 10 aromatic rings. The van der Waals surface area contributed by atoms with Gasteiger partial charge < -0.3 is 52.5 Å². The van der Waals surface area contributed by atoms with Gasteiger partial charge in [-0.25, -0.2) is 56.3 Å². The Kier molecular flexibility index (Phi) is 32.3. The Morgan fingerprint density at radius 1 is 0.459 bits per heavy atom. The van der Waals surface area contributed by atoms with Crippen molar-refractivity contribution in [2.45, 2.75) is 128 Å². The van der Waals surface area contributed by atoms with Gasteiger partial charge in [0.2, 0.25) is 18.4 Å². The minimum Gasteiger partial charge on any atom is -0.505 e. The number of halogens is 1. The molecule has 0 atom stereocenters. The first-order valence-corrected chi connectivity index (χ1v) is 40.6. The fourth-order valence-corrected chi connectivity index (χ4v) is 15.2. The van der Waals surface area contributed by atoms with Crippen LogP contribution in [0.5, 0.6) is 0 Å². The number of carbonyl (C=O) groups is 4. The average Bonchev–Trinajstić information content (AvgIpc) is 1.64. The van der Waals surface area contributed by atoms with Gasteiger partial charge in [-0.1, -0.05) is 65.6 Å². The number of aliphatic imine (C=N–C) groups is 4. The number of likely N-dealkylation sites (tertiary alicyclic amines) is 2. The molecule has 16 rings (SSSR count). The summed E-state index contributed by atoms with van der Waals surface area (Å²) in [6, 6.07) is 23.3. The highest BCUT2D eigenvalue weighted by molar-refractivity contribution is 6.49. The molecule has 0 unspecified atom stereocenters. The number of pyridine rings is 4. The van der Waals surface area contributed by atoms with Gasteiger partial charge in [-0.3, -0.25) is 19.2 Å². The first kappa shape index (κ1) is 92.9. The van der Waals surface area contributed by atoms with Gasteiger partial charge >= 0.3 is 0 Å². The van der Waals surface area contributed by atoms with Crippen LogP contribution in [-0.4, -0.2) is 187 Å². The van der Waals surface area contributed by atoms with E-state index in [-0.39, 0.29) is 69.3 Å². The second-order valence-corrected chi connectivity index (χ2v) is 31.4. The fraction of sp³-hybridized carbons (Fsp3) is 0.363. The fourth-order valence-electron chi connectivity index (χ4n) is 14.9. The number of Topliss-reactive ketones (excluding diaryl/α,β-unsaturated/α-hetero) is 1. The molecule has 6 aliphatic rings. The topological polar surface area (TPSA) is 351 Å². The Labute approximate surface area is 719 Å². The number of ketones is 4. The van der Waals surface area contributed by atoms with Crippen molar-refractivity contribution in [2.75, 3.05) is 101 Å². The van der Waals surface area contributed by atoms with Crippen molar-refractivity contribution in [3.63, 3.8) is 0 Å². The molecule has 10 aromatic heterocycles. The van der Waals surface area contributed by atoms with Gasteiger partial charge in [0, 0.05) is 99.9 Å². The standard InChI is InChI=1S/C23H29N5O2.C22H28N6O.C21H22ClN7O.C21H23N7O.4CH4/c1-17-20(29)11-10-18(22(17)30)25-21-19-9-4-5-13-27(19)26-23(21)24-12-8-16-28(2)14-6-3-7-15-28;1-28(13-5-2-6-14-28)15-7-11-24-22-21(20-8-3-4-12-27(20)26-22)25-19-10-9-17(29)16-18(19)23;1-14-12-15(18(23)17(22)20(14)30)25-19-16-6-3-4-9-29(16)26-21(19)24-7-5-8-28-11-10-27(2)13-28;1-15-12-17(16(22)13-19(15)29)24-20-18-6-3-4-9-28(18)25-21(20)23-7-5-8-27-11-10-26(2)14-27;;;;/h4-5,9-11,13H,3,6-8,12,14-16H2,1-2H3,(H-,24,26,29,30);3-4,8-10,12,16H,2,5-7,11,13-15H2,1H3,(H2-,23,24,26,29);3-4,6,9-13H,5,7-8H2,1-2H3,(H2-,23,24,26,30);3-4,6,9-14H,5,7-8H2,1-2H3,(H2-,22,23,25,29);4*1H4/p+4. The Bertz CT molecular complexity index is 5820. The molecular formula is C91H122ClN25O5+4. The van der Waals surface area contributed by atoms with Gasteiger partial charge in [-0.2, -0.15) is 0 Å². The number of aryl methyl sites for hydroxylation is 4. The lowest BCUT2D eigenvalue weighted by molar-refractivity contribution is -0.914. The van der Waals surface area contributed by atoms with Crippen LogP contribution in [0.25, 0.3) is 22.1 Å². The summed E-state index contributed by atoms with van der Waals surface area (Å²) < 4.78 is 17.8. The van der Waals surface area contributed by atoms with Gasteiger partial charge in [0.25, 0.3) is 0 Å². The van der Waals surface area contributed by atoms with E-state index in [0.29, 0.717) is 85.5 Å². The molecule has 2 aliphatic heterocycles. The zero-order chi connectivity index (χ0) is 83.0. The maximum Gasteiger partial charge on any atom is 0.243 e. The lowest BCUT2D eigenvalue weighted by Crippen LogP contribution is -2.48. The van der Waals surface area contributed by atoms with E-state index in [1.54, 1.807) is 58.6 Å². The highest BCUT2D eigenvalue weighted by Gasteiger charge is 2.29. The first-order chi connectivity index (χ1) is 56.9.